The molecule has 3 rings (SSSR count). The van der Waals surface area contributed by atoms with Crippen LogP contribution >= 0.6 is 24.0 Å². The van der Waals surface area contributed by atoms with Gasteiger partial charge in [-0.3, -0.25) is 15.6 Å². The fourth-order valence-corrected chi connectivity index (χ4v) is 2.89. The molecule has 0 unspecified atom stereocenters. The zero-order valence-corrected chi connectivity index (χ0v) is 15.4. The van der Waals surface area contributed by atoms with E-state index in [0.717, 1.165) is 5.52 Å². The van der Waals surface area contributed by atoms with Gasteiger partial charge in [0.15, 0.2) is 5.11 Å². The SMILES string of the molecule is O=C(Cn1nnc2ccccc21)NNC(=S)Nc1ccc(SC(F)F)cc1. The third-order valence-corrected chi connectivity index (χ3v) is 4.29. The normalized spacial score (nSPS) is 10.8. The molecule has 3 N–H and O–H groups in total. The van der Waals surface area contributed by atoms with Crippen LogP contribution in [0.2, 0.25) is 0 Å². The summed E-state index contributed by atoms with van der Waals surface area (Å²) >= 11 is 5.55. The van der Waals surface area contributed by atoms with E-state index in [1.807, 2.05) is 18.2 Å². The van der Waals surface area contributed by atoms with Crippen LogP contribution in [0.3, 0.4) is 0 Å². The highest BCUT2D eigenvalue weighted by Gasteiger charge is 2.09. The Bertz CT molecular complexity index is 947. The number of nitrogens with one attached hydrogen (secondary N) is 3. The zero-order chi connectivity index (χ0) is 19.2. The minimum absolute atomic E-state index is 0.0321. The van der Waals surface area contributed by atoms with Crippen molar-refractivity contribution >= 4 is 51.7 Å². The molecule has 0 atom stereocenters. The van der Waals surface area contributed by atoms with Gasteiger partial charge in [-0.05, 0) is 48.6 Å². The number of halogens is 2. The van der Waals surface area contributed by atoms with Gasteiger partial charge in [-0.25, -0.2) is 4.68 Å². The summed E-state index contributed by atoms with van der Waals surface area (Å²) in [4.78, 5) is 12.5. The monoisotopic (exact) mass is 408 g/mol. The standard InChI is InChI=1S/C16H14F2N6OS2/c17-15(18)27-11-7-5-10(6-8-11)19-16(26)22-21-14(25)9-24-13-4-2-1-3-12(13)20-23-24/h1-8,15H,9H2,(H,21,25)(H2,19,22,26). The molecule has 0 fully saturated rings. The van der Waals surface area contributed by atoms with Crippen LogP contribution in [0, 0.1) is 0 Å². The first kappa shape index (κ1) is 19.0. The second kappa shape index (κ2) is 8.73. The Morgan fingerprint density at radius 1 is 1.15 bits per heavy atom. The van der Waals surface area contributed by atoms with E-state index in [9.17, 15) is 13.6 Å². The van der Waals surface area contributed by atoms with Crippen molar-refractivity contribution in [2.45, 2.75) is 17.2 Å². The Labute approximate surface area is 162 Å². The van der Waals surface area contributed by atoms with Gasteiger partial charge in [0.05, 0.1) is 5.52 Å². The summed E-state index contributed by atoms with van der Waals surface area (Å²) in [5, 5.41) is 10.9. The van der Waals surface area contributed by atoms with Crippen molar-refractivity contribution in [1.29, 1.82) is 0 Å². The lowest BCUT2D eigenvalue weighted by Crippen LogP contribution is -2.45. The summed E-state index contributed by atoms with van der Waals surface area (Å²) in [5.74, 6) is -2.83. The fourth-order valence-electron chi connectivity index (χ4n) is 2.22. The Kier molecular flexibility index (Phi) is 6.14. The van der Waals surface area contributed by atoms with Crippen molar-refractivity contribution in [1.82, 2.24) is 25.8 Å². The highest BCUT2D eigenvalue weighted by atomic mass is 32.2. The summed E-state index contributed by atoms with van der Waals surface area (Å²) in [5.41, 5.74) is 7.07. The van der Waals surface area contributed by atoms with Gasteiger partial charge in [0.25, 0.3) is 11.7 Å². The highest BCUT2D eigenvalue weighted by molar-refractivity contribution is 7.99. The van der Waals surface area contributed by atoms with E-state index < -0.39 is 5.76 Å². The number of nitrogens with zero attached hydrogens (tertiary/aromatic N) is 3. The second-order valence-electron chi connectivity index (χ2n) is 5.27. The molecule has 0 aliphatic heterocycles. The van der Waals surface area contributed by atoms with Crippen LogP contribution in [-0.2, 0) is 11.3 Å². The number of thiocarbonyl (C=S) groups is 1. The molecule has 0 spiro atoms. The van der Waals surface area contributed by atoms with Crippen LogP contribution in [0.1, 0.15) is 0 Å². The summed E-state index contributed by atoms with van der Waals surface area (Å²) in [6.45, 7) is -0.0321. The van der Waals surface area contributed by atoms with E-state index in [-0.39, 0.29) is 17.6 Å². The van der Waals surface area contributed by atoms with Gasteiger partial charge in [0, 0.05) is 10.6 Å². The Morgan fingerprint density at radius 2 is 1.89 bits per heavy atom. The largest absolute Gasteiger partial charge is 0.331 e. The Morgan fingerprint density at radius 3 is 2.63 bits per heavy atom. The van der Waals surface area contributed by atoms with Crippen LogP contribution in [0.4, 0.5) is 14.5 Å². The molecule has 0 saturated heterocycles. The minimum atomic E-state index is -2.47. The van der Waals surface area contributed by atoms with Gasteiger partial charge >= 0.3 is 0 Å². The number of fused-ring (bicyclic) bond motifs is 1. The van der Waals surface area contributed by atoms with E-state index in [1.165, 1.54) is 4.68 Å². The van der Waals surface area contributed by atoms with Crippen molar-refractivity contribution in [3.63, 3.8) is 0 Å². The second-order valence-corrected chi connectivity index (χ2v) is 6.74. The van der Waals surface area contributed by atoms with Gasteiger partial charge in [0.1, 0.15) is 12.1 Å². The molecule has 0 bridgehead atoms. The molecule has 27 heavy (non-hydrogen) atoms. The highest BCUT2D eigenvalue weighted by Crippen LogP contribution is 2.26. The number of hydrogen-bond acceptors (Lipinski definition) is 5. The smallest absolute Gasteiger partial charge is 0.288 e. The summed E-state index contributed by atoms with van der Waals surface area (Å²) in [7, 11) is 0. The molecule has 0 radical (unpaired) electrons. The van der Waals surface area contributed by atoms with E-state index in [1.54, 1.807) is 30.3 Å². The molecule has 0 saturated carbocycles. The van der Waals surface area contributed by atoms with Crippen LogP contribution in [0.5, 0.6) is 0 Å². The van der Waals surface area contributed by atoms with Crippen LogP contribution in [0.25, 0.3) is 11.0 Å². The number of hydrazine groups is 1. The molecular weight excluding hydrogens is 394 g/mol. The molecule has 1 heterocycles. The lowest BCUT2D eigenvalue weighted by atomic mass is 10.3. The zero-order valence-electron chi connectivity index (χ0n) is 13.7. The van der Waals surface area contributed by atoms with Gasteiger partial charge in [0.2, 0.25) is 0 Å². The molecule has 0 aliphatic rings. The third kappa shape index (κ3) is 5.34. The molecule has 7 nitrogen and oxygen atoms in total. The predicted molar refractivity (Wildman–Crippen MR) is 103 cm³/mol. The van der Waals surface area contributed by atoms with Crippen molar-refractivity contribution < 1.29 is 13.6 Å². The quantitative estimate of drug-likeness (QED) is 0.340. The molecule has 3 aromatic rings. The summed E-state index contributed by atoms with van der Waals surface area (Å²) in [6.07, 6.45) is 0. The topological polar surface area (TPSA) is 83.9 Å². The van der Waals surface area contributed by atoms with E-state index in [2.05, 4.69) is 26.5 Å². The first-order valence-corrected chi connectivity index (χ1v) is 8.99. The maximum Gasteiger partial charge on any atom is 0.288 e. The Hall–Kier alpha value is -2.79. The molecule has 140 valence electrons. The Balaban J connectivity index is 1.48. The predicted octanol–water partition coefficient (Wildman–Crippen LogP) is 2.76. The molecule has 2 aromatic carbocycles. The number of rotatable bonds is 5. The fraction of sp³-hybridized carbons (Fsp3) is 0.125. The lowest BCUT2D eigenvalue weighted by molar-refractivity contribution is -0.122. The van der Waals surface area contributed by atoms with Gasteiger partial charge in [-0.15, -0.1) is 5.10 Å². The summed E-state index contributed by atoms with van der Waals surface area (Å²) < 4.78 is 26.1. The average Bonchev–Trinajstić information content (AvgIpc) is 3.04. The van der Waals surface area contributed by atoms with Crippen LogP contribution < -0.4 is 16.2 Å². The van der Waals surface area contributed by atoms with Crippen molar-refractivity contribution in [2.75, 3.05) is 5.32 Å². The average molecular weight is 408 g/mol. The number of carbonyl (C=O) groups excluding carboxylic acids is 1. The molecule has 11 heteroatoms. The number of alkyl halides is 2. The van der Waals surface area contributed by atoms with Gasteiger partial charge in [-0.1, -0.05) is 29.1 Å². The molecule has 1 aromatic heterocycles. The van der Waals surface area contributed by atoms with Gasteiger partial charge < -0.3 is 5.32 Å². The maximum absolute atomic E-state index is 12.3. The first-order chi connectivity index (χ1) is 13.0. The number of carbonyl (C=O) groups is 1. The van der Waals surface area contributed by atoms with E-state index in [0.29, 0.717) is 27.9 Å². The number of amides is 1. The molecular formula is C16H14F2N6OS2. The lowest BCUT2D eigenvalue weighted by Gasteiger charge is -2.12. The number of benzene rings is 2. The van der Waals surface area contributed by atoms with Gasteiger partial charge in [-0.2, -0.15) is 8.78 Å². The number of aromatic nitrogens is 3. The number of para-hydroxylation sites is 1. The van der Waals surface area contributed by atoms with Crippen molar-refractivity contribution in [3.8, 4) is 0 Å². The van der Waals surface area contributed by atoms with Crippen LogP contribution in [-0.4, -0.2) is 31.8 Å². The minimum Gasteiger partial charge on any atom is -0.331 e. The molecule has 1 amide bonds. The third-order valence-electron chi connectivity index (χ3n) is 3.37. The first-order valence-electron chi connectivity index (χ1n) is 7.70. The summed E-state index contributed by atoms with van der Waals surface area (Å²) in [6, 6.07) is 13.6. The van der Waals surface area contributed by atoms with Crippen molar-refractivity contribution in [2.24, 2.45) is 0 Å². The maximum atomic E-state index is 12.3. The van der Waals surface area contributed by atoms with Crippen molar-refractivity contribution in [3.05, 3.63) is 48.5 Å². The number of anilines is 1. The van der Waals surface area contributed by atoms with E-state index in [4.69, 9.17) is 12.2 Å². The van der Waals surface area contributed by atoms with Crippen LogP contribution in [0.15, 0.2) is 53.4 Å². The number of thioether (sulfide) groups is 1. The molecule has 0 aliphatic carbocycles. The number of hydrogen-bond donors (Lipinski definition) is 3. The van der Waals surface area contributed by atoms with E-state index >= 15 is 0 Å².